The molecule has 0 nitrogen and oxygen atoms in total. The van der Waals surface area contributed by atoms with Gasteiger partial charge in [-0.2, -0.15) is 0 Å². The van der Waals surface area contributed by atoms with Crippen LogP contribution < -0.4 is 0 Å². The molecule has 1 fully saturated rings. The molecule has 1 aliphatic rings. The van der Waals surface area contributed by atoms with Gasteiger partial charge in [0.05, 0.1) is 0 Å². The van der Waals surface area contributed by atoms with Crippen LogP contribution in [-0.2, 0) is 0 Å². The van der Waals surface area contributed by atoms with E-state index in [1.807, 2.05) is 18.2 Å². The molecule has 0 aromatic heterocycles. The standard InChI is InChI=1S/C9H8Cl2/c10-7-3-4-9(11)8(5-7)6-1-2-6/h3-6H,1-2H2. The molecule has 1 saturated carbocycles. The van der Waals surface area contributed by atoms with Gasteiger partial charge in [0.25, 0.3) is 0 Å². The SMILES string of the molecule is Clc1ccc(Cl)c(C2CC2)c1. The summed E-state index contributed by atoms with van der Waals surface area (Å²) in [6, 6.07) is 5.68. The summed E-state index contributed by atoms with van der Waals surface area (Å²) in [4.78, 5) is 0. The van der Waals surface area contributed by atoms with Crippen LogP contribution in [0.1, 0.15) is 24.3 Å². The summed E-state index contributed by atoms with van der Waals surface area (Å²) >= 11 is 11.8. The Morgan fingerprint density at radius 1 is 1.18 bits per heavy atom. The minimum atomic E-state index is 0.682. The van der Waals surface area contributed by atoms with Crippen molar-refractivity contribution in [2.24, 2.45) is 0 Å². The third-order valence-electron chi connectivity index (χ3n) is 1.98. The maximum Gasteiger partial charge on any atom is 0.0441 e. The van der Waals surface area contributed by atoms with Gasteiger partial charge in [0.15, 0.2) is 0 Å². The smallest absolute Gasteiger partial charge is 0.0441 e. The highest BCUT2D eigenvalue weighted by Gasteiger charge is 2.25. The van der Waals surface area contributed by atoms with Crippen molar-refractivity contribution < 1.29 is 0 Å². The van der Waals surface area contributed by atoms with Crippen molar-refractivity contribution in [3.63, 3.8) is 0 Å². The van der Waals surface area contributed by atoms with Crippen molar-refractivity contribution in [1.29, 1.82) is 0 Å². The molecule has 2 rings (SSSR count). The third-order valence-corrected chi connectivity index (χ3v) is 2.55. The molecule has 0 heterocycles. The van der Waals surface area contributed by atoms with E-state index in [2.05, 4.69) is 0 Å². The van der Waals surface area contributed by atoms with Gasteiger partial charge in [0, 0.05) is 10.0 Å². The average Bonchev–Trinajstić information content (AvgIpc) is 2.76. The van der Waals surface area contributed by atoms with Gasteiger partial charge >= 0.3 is 0 Å². The highest BCUT2D eigenvalue weighted by atomic mass is 35.5. The predicted octanol–water partition coefficient (Wildman–Crippen LogP) is 3.87. The second-order valence-electron chi connectivity index (χ2n) is 2.94. The second kappa shape index (κ2) is 2.69. The van der Waals surface area contributed by atoms with Crippen LogP contribution in [0.15, 0.2) is 18.2 Å². The molecule has 58 valence electrons. The first-order chi connectivity index (χ1) is 5.27. The molecule has 0 radical (unpaired) electrons. The molecule has 1 aromatic rings. The molecule has 0 N–H and O–H groups in total. The topological polar surface area (TPSA) is 0 Å². The highest BCUT2D eigenvalue weighted by Crippen LogP contribution is 2.43. The number of hydrogen-bond acceptors (Lipinski definition) is 0. The number of benzene rings is 1. The second-order valence-corrected chi connectivity index (χ2v) is 3.78. The van der Waals surface area contributed by atoms with E-state index < -0.39 is 0 Å². The van der Waals surface area contributed by atoms with Gasteiger partial charge in [-0.25, -0.2) is 0 Å². The Kier molecular flexibility index (Phi) is 1.82. The zero-order valence-electron chi connectivity index (χ0n) is 5.98. The van der Waals surface area contributed by atoms with E-state index in [0.29, 0.717) is 5.92 Å². The number of rotatable bonds is 1. The van der Waals surface area contributed by atoms with Crippen molar-refractivity contribution >= 4 is 23.2 Å². The van der Waals surface area contributed by atoms with E-state index in [4.69, 9.17) is 23.2 Å². The molecule has 0 saturated heterocycles. The van der Waals surface area contributed by atoms with E-state index in [1.54, 1.807) is 0 Å². The Morgan fingerprint density at radius 2 is 1.91 bits per heavy atom. The van der Waals surface area contributed by atoms with Crippen molar-refractivity contribution in [3.05, 3.63) is 33.8 Å². The summed E-state index contributed by atoms with van der Waals surface area (Å²) in [6.45, 7) is 0. The highest BCUT2D eigenvalue weighted by molar-refractivity contribution is 6.33. The molecule has 0 aliphatic heterocycles. The lowest BCUT2D eigenvalue weighted by Crippen LogP contribution is -1.80. The first-order valence-corrected chi connectivity index (χ1v) is 4.48. The fourth-order valence-corrected chi connectivity index (χ4v) is 1.67. The Labute approximate surface area is 76.1 Å². The molecule has 11 heavy (non-hydrogen) atoms. The maximum atomic E-state index is 5.97. The lowest BCUT2D eigenvalue weighted by molar-refractivity contribution is 1.13. The summed E-state index contributed by atoms with van der Waals surface area (Å²) in [5, 5.41) is 1.65. The Bertz CT molecular complexity index is 277. The quantitative estimate of drug-likeness (QED) is 0.625. The molecule has 1 aromatic carbocycles. The summed E-state index contributed by atoms with van der Waals surface area (Å²) in [5.74, 6) is 0.682. The molecule has 0 unspecified atom stereocenters. The molecule has 0 spiro atoms. The number of hydrogen-bond donors (Lipinski definition) is 0. The van der Waals surface area contributed by atoms with Crippen molar-refractivity contribution in [1.82, 2.24) is 0 Å². The molecular weight excluding hydrogens is 179 g/mol. The van der Waals surface area contributed by atoms with Gasteiger partial charge in [-0.05, 0) is 42.5 Å². The monoisotopic (exact) mass is 186 g/mol. The molecule has 2 heteroatoms. The van der Waals surface area contributed by atoms with Crippen LogP contribution in [0.2, 0.25) is 10.0 Å². The van der Waals surface area contributed by atoms with Crippen LogP contribution in [0, 0.1) is 0 Å². The molecule has 0 amide bonds. The summed E-state index contributed by atoms with van der Waals surface area (Å²) < 4.78 is 0. The lowest BCUT2D eigenvalue weighted by atomic mass is 10.1. The van der Waals surface area contributed by atoms with Crippen LogP contribution in [0.5, 0.6) is 0 Å². The zero-order chi connectivity index (χ0) is 7.84. The van der Waals surface area contributed by atoms with Crippen molar-refractivity contribution in [2.45, 2.75) is 18.8 Å². The van der Waals surface area contributed by atoms with Crippen LogP contribution >= 0.6 is 23.2 Å². The lowest BCUT2D eigenvalue weighted by Gasteiger charge is -2.00. The normalized spacial score (nSPS) is 16.9. The molecule has 0 atom stereocenters. The van der Waals surface area contributed by atoms with Gasteiger partial charge in [-0.3, -0.25) is 0 Å². The van der Waals surface area contributed by atoms with Crippen molar-refractivity contribution in [2.75, 3.05) is 0 Å². The minimum absolute atomic E-state index is 0.682. The minimum Gasteiger partial charge on any atom is -0.0843 e. The van der Waals surface area contributed by atoms with E-state index in [-0.39, 0.29) is 0 Å². The molecule has 1 aliphatic carbocycles. The van der Waals surface area contributed by atoms with Gasteiger partial charge < -0.3 is 0 Å². The van der Waals surface area contributed by atoms with Gasteiger partial charge in [0.2, 0.25) is 0 Å². The number of halogens is 2. The van der Waals surface area contributed by atoms with Gasteiger partial charge in [0.1, 0.15) is 0 Å². The van der Waals surface area contributed by atoms with Gasteiger partial charge in [-0.15, -0.1) is 0 Å². The van der Waals surface area contributed by atoms with E-state index >= 15 is 0 Å². The predicted molar refractivity (Wildman–Crippen MR) is 48.4 cm³/mol. The Hall–Kier alpha value is -0.200. The van der Waals surface area contributed by atoms with E-state index in [9.17, 15) is 0 Å². The van der Waals surface area contributed by atoms with Crippen LogP contribution in [0.4, 0.5) is 0 Å². The zero-order valence-corrected chi connectivity index (χ0v) is 7.49. The van der Waals surface area contributed by atoms with Crippen LogP contribution in [0.25, 0.3) is 0 Å². The first kappa shape index (κ1) is 7.45. The van der Waals surface area contributed by atoms with Gasteiger partial charge in [-0.1, -0.05) is 23.2 Å². The molecule has 0 bridgehead atoms. The maximum absolute atomic E-state index is 5.97. The summed E-state index contributed by atoms with van der Waals surface area (Å²) in [7, 11) is 0. The third kappa shape index (κ3) is 1.52. The summed E-state index contributed by atoms with van der Waals surface area (Å²) in [6.07, 6.45) is 2.53. The molecular formula is C9H8Cl2. The fraction of sp³-hybridized carbons (Fsp3) is 0.333. The Morgan fingerprint density at radius 3 is 2.55 bits per heavy atom. The fourth-order valence-electron chi connectivity index (χ4n) is 1.22. The largest absolute Gasteiger partial charge is 0.0843 e. The Balaban J connectivity index is 2.42. The van der Waals surface area contributed by atoms with E-state index in [1.165, 1.54) is 18.4 Å². The van der Waals surface area contributed by atoms with Crippen LogP contribution in [-0.4, -0.2) is 0 Å². The average molecular weight is 187 g/mol. The summed E-state index contributed by atoms with van der Waals surface area (Å²) in [5.41, 5.74) is 1.22. The van der Waals surface area contributed by atoms with Crippen LogP contribution in [0.3, 0.4) is 0 Å². The van der Waals surface area contributed by atoms with E-state index in [0.717, 1.165) is 10.0 Å². The van der Waals surface area contributed by atoms with Crippen molar-refractivity contribution in [3.8, 4) is 0 Å². The first-order valence-electron chi connectivity index (χ1n) is 3.72.